The zero-order valence-electron chi connectivity index (χ0n) is 23.5. The van der Waals surface area contributed by atoms with Gasteiger partial charge in [-0.05, 0) is 59.4 Å². The fraction of sp³-hybridized carbons (Fsp3) is 0.212. The van der Waals surface area contributed by atoms with Gasteiger partial charge in [0.2, 0.25) is 0 Å². The first-order valence-corrected chi connectivity index (χ1v) is 14.3. The number of hydrazone groups is 1. The number of thioether (sulfide) groups is 1. The highest BCUT2D eigenvalue weighted by molar-refractivity contribution is 7.99. The normalized spacial score (nSPS) is 12.1. The molecule has 0 spiro atoms. The summed E-state index contributed by atoms with van der Waals surface area (Å²) in [7, 11) is 0. The summed E-state index contributed by atoms with van der Waals surface area (Å²) in [5, 5.41) is 16.3. The van der Waals surface area contributed by atoms with Crippen molar-refractivity contribution in [2.24, 2.45) is 5.10 Å². The molecule has 0 bridgehead atoms. The monoisotopic (exact) mass is 547 g/mol. The molecule has 0 radical (unpaired) electrons. The summed E-state index contributed by atoms with van der Waals surface area (Å²) in [6.07, 6.45) is 0. The number of carbonyl (C=O) groups excluding carboxylic acids is 1. The van der Waals surface area contributed by atoms with Crippen LogP contribution in [0.5, 0.6) is 0 Å². The molecule has 202 valence electrons. The summed E-state index contributed by atoms with van der Waals surface area (Å²) < 4.78 is 2.01. The zero-order valence-corrected chi connectivity index (χ0v) is 24.3. The molecule has 1 N–H and O–H groups in total. The molecular weight excluding hydrogens is 514 g/mol. The summed E-state index contributed by atoms with van der Waals surface area (Å²) in [6, 6.07) is 31.0. The molecule has 0 aliphatic heterocycles. The van der Waals surface area contributed by atoms with Crippen molar-refractivity contribution in [3.8, 4) is 17.1 Å². The Morgan fingerprint density at radius 1 is 0.900 bits per heavy atom. The Labute approximate surface area is 239 Å². The number of carbonyl (C=O) groups is 1. The molecule has 0 saturated carbocycles. The van der Waals surface area contributed by atoms with E-state index in [0.29, 0.717) is 5.16 Å². The summed E-state index contributed by atoms with van der Waals surface area (Å²) in [5.41, 5.74) is 8.80. The van der Waals surface area contributed by atoms with Crippen molar-refractivity contribution in [3.05, 3.63) is 108 Å². The van der Waals surface area contributed by atoms with Gasteiger partial charge in [0.15, 0.2) is 11.0 Å². The predicted octanol–water partition coefficient (Wildman–Crippen LogP) is 7.33. The highest BCUT2D eigenvalue weighted by Gasteiger charge is 2.19. The molecule has 0 saturated heterocycles. The summed E-state index contributed by atoms with van der Waals surface area (Å²) >= 11 is 1.33. The Balaban J connectivity index is 1.34. The number of fused-ring (bicyclic) bond motifs is 1. The Kier molecular flexibility index (Phi) is 7.85. The van der Waals surface area contributed by atoms with Crippen molar-refractivity contribution in [3.63, 3.8) is 0 Å². The van der Waals surface area contributed by atoms with Crippen molar-refractivity contribution in [1.82, 2.24) is 20.2 Å². The third kappa shape index (κ3) is 6.15. The van der Waals surface area contributed by atoms with E-state index < -0.39 is 0 Å². The highest BCUT2D eigenvalue weighted by Crippen LogP contribution is 2.30. The first kappa shape index (κ1) is 27.3. The molecule has 0 aliphatic carbocycles. The van der Waals surface area contributed by atoms with E-state index in [1.54, 1.807) is 0 Å². The van der Waals surface area contributed by atoms with Gasteiger partial charge in [-0.2, -0.15) is 5.10 Å². The average Bonchev–Trinajstić information content (AvgIpc) is 3.38. The van der Waals surface area contributed by atoms with Gasteiger partial charge in [0.1, 0.15) is 0 Å². The molecule has 0 fully saturated rings. The quantitative estimate of drug-likeness (QED) is 0.132. The molecule has 4 aromatic carbocycles. The third-order valence-corrected chi connectivity index (χ3v) is 7.71. The van der Waals surface area contributed by atoms with Crippen LogP contribution in [0.2, 0.25) is 0 Å². The summed E-state index contributed by atoms with van der Waals surface area (Å²) in [5.74, 6) is 0.679. The van der Waals surface area contributed by atoms with Gasteiger partial charge in [-0.15, -0.1) is 10.2 Å². The minimum Gasteiger partial charge on any atom is -0.272 e. The number of nitrogens with one attached hydrogen (secondary N) is 1. The molecule has 6 nitrogen and oxygen atoms in total. The predicted molar refractivity (Wildman–Crippen MR) is 165 cm³/mol. The van der Waals surface area contributed by atoms with Crippen LogP contribution in [0.25, 0.3) is 27.8 Å². The van der Waals surface area contributed by atoms with E-state index in [4.69, 9.17) is 0 Å². The van der Waals surface area contributed by atoms with Gasteiger partial charge in [0.25, 0.3) is 5.91 Å². The van der Waals surface area contributed by atoms with Crippen molar-refractivity contribution < 1.29 is 4.79 Å². The van der Waals surface area contributed by atoms with Crippen LogP contribution < -0.4 is 5.43 Å². The standard InChI is InChI=1S/C33H33N5OS/c1-22-10-18-29(19-11-22)38-31(25-14-16-28(17-15-25)33(3,4)5)36-37-32(38)40-21-30(39)35-34-23(2)26-13-12-24-8-6-7-9-27(24)20-26/h6-20H,21H2,1-5H3,(H,35,39)/b34-23+. The van der Waals surface area contributed by atoms with Gasteiger partial charge in [0.05, 0.1) is 11.5 Å². The van der Waals surface area contributed by atoms with Crippen LogP contribution in [0, 0.1) is 6.92 Å². The van der Waals surface area contributed by atoms with Gasteiger partial charge >= 0.3 is 0 Å². The second-order valence-electron chi connectivity index (χ2n) is 10.9. The van der Waals surface area contributed by atoms with Crippen molar-refractivity contribution in [2.45, 2.75) is 45.2 Å². The van der Waals surface area contributed by atoms with E-state index in [0.717, 1.165) is 33.7 Å². The topological polar surface area (TPSA) is 72.2 Å². The molecule has 0 aliphatic rings. The second kappa shape index (κ2) is 11.5. The smallest absolute Gasteiger partial charge is 0.250 e. The number of hydrogen-bond donors (Lipinski definition) is 1. The molecule has 1 amide bonds. The molecule has 40 heavy (non-hydrogen) atoms. The van der Waals surface area contributed by atoms with E-state index in [1.807, 2.05) is 41.8 Å². The van der Waals surface area contributed by atoms with Crippen molar-refractivity contribution >= 4 is 34.2 Å². The van der Waals surface area contributed by atoms with Crippen LogP contribution in [-0.4, -0.2) is 32.1 Å². The molecule has 0 atom stereocenters. The van der Waals surface area contributed by atoms with Gasteiger partial charge in [-0.1, -0.05) is 111 Å². The van der Waals surface area contributed by atoms with E-state index in [9.17, 15) is 4.79 Å². The fourth-order valence-corrected chi connectivity index (χ4v) is 5.13. The molecule has 7 heteroatoms. The van der Waals surface area contributed by atoms with Gasteiger partial charge in [-0.25, -0.2) is 5.43 Å². The van der Waals surface area contributed by atoms with Gasteiger partial charge in [-0.3, -0.25) is 9.36 Å². The maximum atomic E-state index is 12.8. The van der Waals surface area contributed by atoms with E-state index in [-0.39, 0.29) is 17.1 Å². The Hall–Kier alpha value is -4.23. The lowest BCUT2D eigenvalue weighted by atomic mass is 9.87. The summed E-state index contributed by atoms with van der Waals surface area (Å²) in [4.78, 5) is 12.8. The number of nitrogens with zero attached hydrogens (tertiary/aromatic N) is 4. The van der Waals surface area contributed by atoms with Crippen LogP contribution in [0.3, 0.4) is 0 Å². The van der Waals surface area contributed by atoms with Crippen molar-refractivity contribution in [2.75, 3.05) is 5.75 Å². The number of aryl methyl sites for hydroxylation is 1. The molecule has 1 aromatic heterocycles. The minimum atomic E-state index is -0.209. The lowest BCUT2D eigenvalue weighted by molar-refractivity contribution is -0.118. The Bertz CT molecular complexity index is 1680. The van der Waals surface area contributed by atoms with E-state index in [2.05, 4.69) is 109 Å². The molecule has 5 aromatic rings. The number of aromatic nitrogens is 3. The average molecular weight is 548 g/mol. The lowest BCUT2D eigenvalue weighted by Gasteiger charge is -2.19. The number of benzene rings is 4. The summed E-state index contributed by atoms with van der Waals surface area (Å²) in [6.45, 7) is 10.5. The van der Waals surface area contributed by atoms with Gasteiger partial charge < -0.3 is 0 Å². The molecule has 5 rings (SSSR count). The van der Waals surface area contributed by atoms with Crippen LogP contribution in [0.4, 0.5) is 0 Å². The maximum Gasteiger partial charge on any atom is 0.250 e. The van der Waals surface area contributed by atoms with E-state index in [1.165, 1.54) is 28.3 Å². The molecular formula is C33H33N5OS. The zero-order chi connectivity index (χ0) is 28.3. The molecule has 1 heterocycles. The largest absolute Gasteiger partial charge is 0.272 e. The number of amides is 1. The minimum absolute atomic E-state index is 0.0622. The Morgan fingerprint density at radius 2 is 1.60 bits per heavy atom. The van der Waals surface area contributed by atoms with Crippen LogP contribution >= 0.6 is 11.8 Å². The molecule has 0 unspecified atom stereocenters. The third-order valence-electron chi connectivity index (χ3n) is 6.78. The Morgan fingerprint density at radius 3 is 2.30 bits per heavy atom. The maximum absolute atomic E-state index is 12.8. The van der Waals surface area contributed by atoms with E-state index >= 15 is 0 Å². The van der Waals surface area contributed by atoms with Crippen molar-refractivity contribution in [1.29, 1.82) is 0 Å². The van der Waals surface area contributed by atoms with Crippen LogP contribution in [0.1, 0.15) is 44.4 Å². The first-order valence-electron chi connectivity index (χ1n) is 13.3. The number of rotatable bonds is 7. The first-order chi connectivity index (χ1) is 19.2. The van der Waals surface area contributed by atoms with Crippen LogP contribution in [0.15, 0.2) is 101 Å². The van der Waals surface area contributed by atoms with Gasteiger partial charge in [0, 0.05) is 11.3 Å². The second-order valence-corrected chi connectivity index (χ2v) is 11.8. The van der Waals surface area contributed by atoms with Crippen LogP contribution in [-0.2, 0) is 10.2 Å². The number of hydrogen-bond acceptors (Lipinski definition) is 5. The highest BCUT2D eigenvalue weighted by atomic mass is 32.2. The SMILES string of the molecule is C/C(=N\NC(=O)CSc1nnc(-c2ccc(C(C)(C)C)cc2)n1-c1ccc(C)cc1)c1ccc2ccccc2c1. The fourth-order valence-electron chi connectivity index (χ4n) is 4.38. The lowest BCUT2D eigenvalue weighted by Crippen LogP contribution is -2.21.